The molecule has 20 heavy (non-hydrogen) atoms. The Morgan fingerprint density at radius 1 is 1.00 bits per heavy atom. The summed E-state index contributed by atoms with van der Waals surface area (Å²) in [6.45, 7) is 0. The van der Waals surface area contributed by atoms with Crippen molar-refractivity contribution in [1.29, 1.82) is 0 Å². The molecule has 1 heterocycles. The molecule has 0 bridgehead atoms. The minimum Gasteiger partial charge on any atom is -0.416 e. The first-order valence-electron chi connectivity index (χ1n) is 6.86. The lowest BCUT2D eigenvalue weighted by molar-refractivity contribution is 0.409. The van der Waals surface area contributed by atoms with E-state index >= 15 is 0 Å². The SMILES string of the molecule is CSCCCSc1nnc(CCCc2ccccc2)o1. The number of rotatable bonds is 9. The van der Waals surface area contributed by atoms with E-state index in [-0.39, 0.29) is 0 Å². The molecule has 1 aromatic carbocycles. The third kappa shape index (κ3) is 5.59. The van der Waals surface area contributed by atoms with Gasteiger partial charge in [-0.2, -0.15) is 11.8 Å². The van der Waals surface area contributed by atoms with E-state index in [2.05, 4.69) is 40.7 Å². The first-order chi connectivity index (χ1) is 9.88. The van der Waals surface area contributed by atoms with Gasteiger partial charge in [-0.15, -0.1) is 10.2 Å². The number of aryl methyl sites for hydroxylation is 2. The molecular formula is C15H20N2OS2. The highest BCUT2D eigenvalue weighted by atomic mass is 32.2. The van der Waals surface area contributed by atoms with Crippen LogP contribution < -0.4 is 0 Å². The molecule has 5 heteroatoms. The van der Waals surface area contributed by atoms with Gasteiger partial charge in [0, 0.05) is 12.2 Å². The predicted octanol–water partition coefficient (Wildman–Crippen LogP) is 4.09. The van der Waals surface area contributed by atoms with E-state index in [4.69, 9.17) is 4.42 Å². The van der Waals surface area contributed by atoms with Crippen LogP contribution in [0.4, 0.5) is 0 Å². The Morgan fingerprint density at radius 3 is 2.65 bits per heavy atom. The van der Waals surface area contributed by atoms with Gasteiger partial charge in [-0.25, -0.2) is 0 Å². The third-order valence-electron chi connectivity index (χ3n) is 2.87. The molecule has 0 radical (unpaired) electrons. The van der Waals surface area contributed by atoms with Gasteiger partial charge in [0.15, 0.2) is 0 Å². The Hall–Kier alpha value is -0.940. The van der Waals surface area contributed by atoms with Crippen molar-refractivity contribution in [1.82, 2.24) is 10.2 Å². The monoisotopic (exact) mass is 308 g/mol. The van der Waals surface area contributed by atoms with Gasteiger partial charge in [-0.3, -0.25) is 0 Å². The highest BCUT2D eigenvalue weighted by Gasteiger charge is 2.06. The number of aromatic nitrogens is 2. The molecule has 0 N–H and O–H groups in total. The summed E-state index contributed by atoms with van der Waals surface area (Å²) >= 11 is 3.53. The third-order valence-corrected chi connectivity index (χ3v) is 4.47. The topological polar surface area (TPSA) is 38.9 Å². The summed E-state index contributed by atoms with van der Waals surface area (Å²) in [5.41, 5.74) is 1.36. The molecule has 0 atom stereocenters. The molecule has 0 spiro atoms. The lowest BCUT2D eigenvalue weighted by Gasteiger charge is -1.98. The quantitative estimate of drug-likeness (QED) is 0.515. The van der Waals surface area contributed by atoms with E-state index in [1.807, 2.05) is 17.8 Å². The lowest BCUT2D eigenvalue weighted by Crippen LogP contribution is -1.90. The average Bonchev–Trinajstić information content (AvgIpc) is 2.93. The summed E-state index contributed by atoms with van der Waals surface area (Å²) in [7, 11) is 0. The average molecular weight is 308 g/mol. The highest BCUT2D eigenvalue weighted by Crippen LogP contribution is 2.18. The van der Waals surface area contributed by atoms with Crippen LogP contribution in [0.1, 0.15) is 24.3 Å². The minimum atomic E-state index is 0.709. The predicted molar refractivity (Wildman–Crippen MR) is 86.5 cm³/mol. The maximum absolute atomic E-state index is 5.64. The van der Waals surface area contributed by atoms with Crippen molar-refractivity contribution >= 4 is 23.5 Å². The first-order valence-corrected chi connectivity index (χ1v) is 9.24. The van der Waals surface area contributed by atoms with Gasteiger partial charge in [0.25, 0.3) is 5.22 Å². The molecule has 1 aromatic heterocycles. The van der Waals surface area contributed by atoms with Gasteiger partial charge in [0.1, 0.15) is 0 Å². The van der Waals surface area contributed by atoms with E-state index in [1.165, 1.54) is 17.7 Å². The molecule has 0 saturated carbocycles. The van der Waals surface area contributed by atoms with Crippen molar-refractivity contribution in [2.45, 2.75) is 30.9 Å². The highest BCUT2D eigenvalue weighted by molar-refractivity contribution is 7.99. The Morgan fingerprint density at radius 2 is 1.85 bits per heavy atom. The van der Waals surface area contributed by atoms with Crippen molar-refractivity contribution in [3.8, 4) is 0 Å². The van der Waals surface area contributed by atoms with Crippen LogP contribution in [0, 0.1) is 0 Å². The van der Waals surface area contributed by atoms with E-state index in [0.29, 0.717) is 5.22 Å². The van der Waals surface area contributed by atoms with Gasteiger partial charge in [0.05, 0.1) is 0 Å². The van der Waals surface area contributed by atoms with Gasteiger partial charge in [-0.1, -0.05) is 42.1 Å². The molecule has 0 aliphatic heterocycles. The number of thioether (sulfide) groups is 2. The van der Waals surface area contributed by atoms with Crippen molar-refractivity contribution in [3.05, 3.63) is 41.8 Å². The van der Waals surface area contributed by atoms with Crippen LogP contribution in [0.25, 0.3) is 0 Å². The van der Waals surface area contributed by atoms with E-state index in [0.717, 1.165) is 30.9 Å². The maximum atomic E-state index is 5.64. The van der Waals surface area contributed by atoms with Gasteiger partial charge in [-0.05, 0) is 36.8 Å². The zero-order valence-electron chi connectivity index (χ0n) is 11.7. The first kappa shape index (κ1) is 15.4. The summed E-state index contributed by atoms with van der Waals surface area (Å²) in [6.07, 6.45) is 6.26. The second-order valence-electron chi connectivity index (χ2n) is 4.50. The Kier molecular flexibility index (Phi) is 7.01. The summed E-state index contributed by atoms with van der Waals surface area (Å²) in [5.74, 6) is 2.99. The largest absolute Gasteiger partial charge is 0.416 e. The molecule has 2 rings (SSSR count). The fourth-order valence-corrected chi connectivity index (χ4v) is 3.18. The second-order valence-corrected chi connectivity index (χ2v) is 6.53. The van der Waals surface area contributed by atoms with Gasteiger partial charge in [0.2, 0.25) is 5.89 Å². The number of hydrogen-bond acceptors (Lipinski definition) is 5. The molecule has 0 fully saturated rings. The number of nitrogens with zero attached hydrogens (tertiary/aromatic N) is 2. The van der Waals surface area contributed by atoms with E-state index in [1.54, 1.807) is 11.8 Å². The van der Waals surface area contributed by atoms with E-state index in [9.17, 15) is 0 Å². The summed E-state index contributed by atoms with van der Waals surface area (Å²) in [4.78, 5) is 0. The second kappa shape index (κ2) is 9.08. The van der Waals surface area contributed by atoms with Crippen LogP contribution in [-0.4, -0.2) is 28.0 Å². The maximum Gasteiger partial charge on any atom is 0.276 e. The molecule has 3 nitrogen and oxygen atoms in total. The normalized spacial score (nSPS) is 10.8. The van der Waals surface area contributed by atoms with Crippen molar-refractivity contribution in [2.75, 3.05) is 17.8 Å². The molecule has 108 valence electrons. The molecule has 0 unspecified atom stereocenters. The molecule has 2 aromatic rings. The van der Waals surface area contributed by atoms with Crippen molar-refractivity contribution < 1.29 is 4.42 Å². The zero-order chi connectivity index (χ0) is 14.0. The standard InChI is InChI=1S/C15H20N2OS2/c1-19-11-6-12-20-15-17-16-14(18-15)10-5-9-13-7-3-2-4-8-13/h2-4,7-8H,5-6,9-12H2,1H3. The van der Waals surface area contributed by atoms with Crippen LogP contribution in [0.3, 0.4) is 0 Å². The van der Waals surface area contributed by atoms with Crippen molar-refractivity contribution in [3.63, 3.8) is 0 Å². The number of hydrogen-bond donors (Lipinski definition) is 0. The van der Waals surface area contributed by atoms with E-state index < -0.39 is 0 Å². The van der Waals surface area contributed by atoms with Crippen LogP contribution in [0.5, 0.6) is 0 Å². The zero-order valence-corrected chi connectivity index (χ0v) is 13.4. The summed E-state index contributed by atoms with van der Waals surface area (Å²) in [6, 6.07) is 10.5. The number of benzene rings is 1. The smallest absolute Gasteiger partial charge is 0.276 e. The molecule has 0 saturated heterocycles. The van der Waals surface area contributed by atoms with Crippen LogP contribution in [0.2, 0.25) is 0 Å². The Bertz CT molecular complexity index is 488. The van der Waals surface area contributed by atoms with Crippen LogP contribution in [-0.2, 0) is 12.8 Å². The van der Waals surface area contributed by atoms with Crippen LogP contribution in [0.15, 0.2) is 40.0 Å². The molecule has 0 aliphatic carbocycles. The summed E-state index contributed by atoms with van der Waals surface area (Å²) in [5, 5.41) is 8.89. The van der Waals surface area contributed by atoms with Crippen molar-refractivity contribution in [2.24, 2.45) is 0 Å². The summed E-state index contributed by atoms with van der Waals surface area (Å²) < 4.78 is 5.64. The Labute approximate surface area is 128 Å². The fraction of sp³-hybridized carbons (Fsp3) is 0.467. The fourth-order valence-electron chi connectivity index (χ4n) is 1.85. The molecule has 0 amide bonds. The molecule has 0 aliphatic rings. The minimum absolute atomic E-state index is 0.709. The lowest BCUT2D eigenvalue weighted by atomic mass is 10.1. The van der Waals surface area contributed by atoms with Gasteiger partial charge < -0.3 is 4.42 Å². The van der Waals surface area contributed by atoms with Gasteiger partial charge >= 0.3 is 0 Å². The molecular weight excluding hydrogens is 288 g/mol. The van der Waals surface area contributed by atoms with Crippen LogP contribution >= 0.6 is 23.5 Å². The Balaban J connectivity index is 1.67.